The summed E-state index contributed by atoms with van der Waals surface area (Å²) >= 11 is 0. The van der Waals surface area contributed by atoms with Gasteiger partial charge in [-0.25, -0.2) is 4.98 Å². The molecule has 0 aliphatic heterocycles. The predicted octanol–water partition coefficient (Wildman–Crippen LogP) is -2.20. The number of nitrogens with two attached hydrogens (primary N) is 3. The number of hydrogen-bond acceptors (Lipinski definition) is 5. The van der Waals surface area contributed by atoms with Crippen LogP contribution in [-0.2, 0) is 9.59 Å². The lowest BCUT2D eigenvalue weighted by Gasteiger charge is -2.19. The van der Waals surface area contributed by atoms with Gasteiger partial charge in [-0.1, -0.05) is 11.8 Å². The van der Waals surface area contributed by atoms with Crippen LogP contribution in [0.4, 0.5) is 0 Å². The molecule has 1 aromatic rings. The van der Waals surface area contributed by atoms with Crippen molar-refractivity contribution in [2.24, 2.45) is 17.2 Å². The lowest BCUT2D eigenvalue weighted by atomic mass is 10.1. The maximum absolute atomic E-state index is 12.3. The molecule has 8 heteroatoms. The van der Waals surface area contributed by atoms with Gasteiger partial charge in [-0.3, -0.25) is 14.4 Å². The van der Waals surface area contributed by atoms with Gasteiger partial charge in [0.05, 0.1) is 12.1 Å². The quantitative estimate of drug-likeness (QED) is 0.527. The second-order valence-electron chi connectivity index (χ2n) is 4.00. The minimum atomic E-state index is -0.768. The molecule has 3 amide bonds. The Morgan fingerprint density at radius 1 is 1.19 bits per heavy atom. The van der Waals surface area contributed by atoms with Crippen molar-refractivity contribution in [3.63, 3.8) is 0 Å². The van der Waals surface area contributed by atoms with E-state index in [1.807, 2.05) is 0 Å². The van der Waals surface area contributed by atoms with Crippen LogP contribution < -0.4 is 17.2 Å². The van der Waals surface area contributed by atoms with Crippen molar-refractivity contribution in [3.05, 3.63) is 29.6 Å². The largest absolute Gasteiger partial charge is 0.368 e. The highest BCUT2D eigenvalue weighted by atomic mass is 16.2. The molecule has 8 nitrogen and oxygen atoms in total. The molecule has 6 N–H and O–H groups in total. The Balaban J connectivity index is 3.13. The van der Waals surface area contributed by atoms with Crippen LogP contribution >= 0.6 is 0 Å². The molecule has 0 aliphatic rings. The first-order valence-corrected chi connectivity index (χ1v) is 5.95. The highest BCUT2D eigenvalue weighted by molar-refractivity contribution is 5.98. The van der Waals surface area contributed by atoms with Gasteiger partial charge < -0.3 is 22.1 Å². The number of nitrogens with zero attached hydrogens (tertiary/aromatic N) is 2. The number of pyridine rings is 1. The van der Waals surface area contributed by atoms with Crippen LogP contribution in [0.1, 0.15) is 16.1 Å². The molecule has 0 saturated heterocycles. The van der Waals surface area contributed by atoms with E-state index in [1.54, 1.807) is 12.1 Å². The summed E-state index contributed by atoms with van der Waals surface area (Å²) < 4.78 is 0. The molecule has 0 fully saturated rings. The van der Waals surface area contributed by atoms with Crippen molar-refractivity contribution >= 4 is 17.7 Å². The summed E-state index contributed by atoms with van der Waals surface area (Å²) in [5.74, 6) is 3.11. The van der Waals surface area contributed by atoms with Gasteiger partial charge in [-0.2, -0.15) is 0 Å². The number of primary amides is 2. The van der Waals surface area contributed by atoms with E-state index in [0.717, 1.165) is 4.90 Å². The Bertz CT molecular complexity index is 602. The Kier molecular flexibility index (Phi) is 5.85. The molecule has 0 atom stereocenters. The van der Waals surface area contributed by atoms with Crippen molar-refractivity contribution in [1.29, 1.82) is 0 Å². The van der Waals surface area contributed by atoms with Gasteiger partial charge in [0.2, 0.25) is 11.8 Å². The highest BCUT2D eigenvalue weighted by Gasteiger charge is 2.22. The van der Waals surface area contributed by atoms with Crippen LogP contribution in [0.3, 0.4) is 0 Å². The van der Waals surface area contributed by atoms with Crippen molar-refractivity contribution in [2.75, 3.05) is 19.6 Å². The third-order valence-corrected chi connectivity index (χ3v) is 2.32. The summed E-state index contributed by atoms with van der Waals surface area (Å²) in [6, 6.07) is 3.18. The second-order valence-corrected chi connectivity index (χ2v) is 4.00. The number of rotatable bonds is 5. The molecular weight excluding hydrogens is 274 g/mol. The zero-order valence-electron chi connectivity index (χ0n) is 11.2. The maximum atomic E-state index is 12.3. The molecule has 0 unspecified atom stereocenters. The van der Waals surface area contributed by atoms with Gasteiger partial charge in [0.15, 0.2) is 0 Å². The summed E-state index contributed by atoms with van der Waals surface area (Å²) in [5, 5.41) is 0. The van der Waals surface area contributed by atoms with Gasteiger partial charge >= 0.3 is 0 Å². The average Bonchev–Trinajstić information content (AvgIpc) is 2.43. The van der Waals surface area contributed by atoms with Crippen LogP contribution in [0.2, 0.25) is 0 Å². The lowest BCUT2D eigenvalue weighted by Crippen LogP contribution is -2.43. The van der Waals surface area contributed by atoms with Crippen LogP contribution in [0.25, 0.3) is 0 Å². The predicted molar refractivity (Wildman–Crippen MR) is 74.5 cm³/mol. The van der Waals surface area contributed by atoms with E-state index in [1.165, 1.54) is 6.20 Å². The van der Waals surface area contributed by atoms with Crippen molar-refractivity contribution < 1.29 is 14.4 Å². The molecule has 0 radical (unpaired) electrons. The number of aromatic nitrogens is 1. The molecule has 0 saturated carbocycles. The number of carbonyl (C=O) groups is 3. The van der Waals surface area contributed by atoms with Crippen molar-refractivity contribution in [2.45, 2.75) is 0 Å². The van der Waals surface area contributed by atoms with E-state index in [4.69, 9.17) is 17.2 Å². The summed E-state index contributed by atoms with van der Waals surface area (Å²) in [5.41, 5.74) is 15.7. The topological polar surface area (TPSA) is 145 Å². The smallest absolute Gasteiger partial charge is 0.274 e. The lowest BCUT2D eigenvalue weighted by molar-refractivity contribution is -0.121. The molecule has 1 rings (SSSR count). The second kappa shape index (κ2) is 7.62. The van der Waals surface area contributed by atoms with E-state index in [0.29, 0.717) is 5.56 Å². The molecule has 1 heterocycles. The SMILES string of the molecule is NCC#Cc1cccnc1C(=O)N(CC(N)=O)CC(N)=O. The Morgan fingerprint density at radius 2 is 1.81 bits per heavy atom. The standard InChI is InChI=1S/C13H15N5O3/c14-5-1-3-9-4-2-6-17-12(9)13(21)18(7-10(15)19)8-11(16)20/h2,4,6H,5,7-8,14H2,(H2,15,19)(H2,16,20). The normalized spacial score (nSPS) is 9.38. The minimum Gasteiger partial charge on any atom is -0.368 e. The van der Waals surface area contributed by atoms with Gasteiger partial charge in [-0.05, 0) is 12.1 Å². The van der Waals surface area contributed by atoms with E-state index >= 15 is 0 Å². The molecule has 0 aliphatic carbocycles. The molecule has 0 bridgehead atoms. The Hall–Kier alpha value is -2.92. The van der Waals surface area contributed by atoms with Crippen LogP contribution in [0.15, 0.2) is 18.3 Å². The Morgan fingerprint density at radius 3 is 2.33 bits per heavy atom. The fourth-order valence-corrected chi connectivity index (χ4v) is 1.55. The zero-order chi connectivity index (χ0) is 15.8. The average molecular weight is 289 g/mol. The number of hydrogen-bond donors (Lipinski definition) is 3. The van der Waals surface area contributed by atoms with Crippen molar-refractivity contribution in [1.82, 2.24) is 9.88 Å². The number of amides is 3. The maximum Gasteiger partial charge on any atom is 0.274 e. The zero-order valence-corrected chi connectivity index (χ0v) is 11.2. The summed E-state index contributed by atoms with van der Waals surface area (Å²) in [4.78, 5) is 39.2. The van der Waals surface area contributed by atoms with E-state index < -0.39 is 30.8 Å². The Labute approximate surface area is 121 Å². The first-order chi connectivity index (χ1) is 9.95. The molecule has 110 valence electrons. The fraction of sp³-hybridized carbons (Fsp3) is 0.231. The first-order valence-electron chi connectivity index (χ1n) is 5.95. The molecule has 21 heavy (non-hydrogen) atoms. The van der Waals surface area contributed by atoms with Crippen LogP contribution in [-0.4, -0.2) is 47.2 Å². The third kappa shape index (κ3) is 4.93. The molecule has 0 aromatic carbocycles. The fourth-order valence-electron chi connectivity index (χ4n) is 1.55. The van der Waals surface area contributed by atoms with Crippen LogP contribution in [0.5, 0.6) is 0 Å². The minimum absolute atomic E-state index is 0.000880. The molecule has 0 spiro atoms. The molecule has 1 aromatic heterocycles. The summed E-state index contributed by atoms with van der Waals surface area (Å²) in [6.45, 7) is -0.765. The van der Waals surface area contributed by atoms with E-state index in [2.05, 4.69) is 16.8 Å². The van der Waals surface area contributed by atoms with E-state index in [9.17, 15) is 14.4 Å². The van der Waals surface area contributed by atoms with Gasteiger partial charge in [-0.15, -0.1) is 0 Å². The highest BCUT2D eigenvalue weighted by Crippen LogP contribution is 2.07. The first kappa shape index (κ1) is 16.1. The number of carbonyl (C=O) groups excluding carboxylic acids is 3. The van der Waals surface area contributed by atoms with Crippen molar-refractivity contribution in [3.8, 4) is 11.8 Å². The van der Waals surface area contributed by atoms with Gasteiger partial charge in [0.1, 0.15) is 18.8 Å². The monoisotopic (exact) mass is 289 g/mol. The summed E-state index contributed by atoms with van der Waals surface area (Å²) in [7, 11) is 0. The summed E-state index contributed by atoms with van der Waals surface area (Å²) in [6.07, 6.45) is 1.40. The van der Waals surface area contributed by atoms with Gasteiger partial charge in [0.25, 0.3) is 5.91 Å². The third-order valence-electron chi connectivity index (χ3n) is 2.32. The van der Waals surface area contributed by atoms with Gasteiger partial charge in [0, 0.05) is 6.20 Å². The van der Waals surface area contributed by atoms with E-state index in [-0.39, 0.29) is 12.2 Å². The molecular formula is C13H15N5O3. The van der Waals surface area contributed by atoms with Crippen LogP contribution in [0, 0.1) is 11.8 Å².